The van der Waals surface area contributed by atoms with Crippen LogP contribution in [0.3, 0.4) is 0 Å². The average molecular weight is 214 g/mol. The standard InChI is InChI=1S/C12H26N2O/c1-5-10(6-2)12(14(3)4)7-13-11-8-15-9-11/h10-13H,5-9H2,1-4H3. The zero-order chi connectivity index (χ0) is 11.3. The van der Waals surface area contributed by atoms with E-state index in [1.165, 1.54) is 12.8 Å². The van der Waals surface area contributed by atoms with E-state index in [-0.39, 0.29) is 0 Å². The van der Waals surface area contributed by atoms with Gasteiger partial charge in [-0.1, -0.05) is 26.7 Å². The smallest absolute Gasteiger partial charge is 0.0643 e. The van der Waals surface area contributed by atoms with Crippen molar-refractivity contribution in [1.82, 2.24) is 10.2 Å². The van der Waals surface area contributed by atoms with Gasteiger partial charge in [-0.05, 0) is 20.0 Å². The van der Waals surface area contributed by atoms with E-state index in [0.29, 0.717) is 12.1 Å². The number of likely N-dealkylation sites (N-methyl/N-ethyl adjacent to an activating group) is 1. The van der Waals surface area contributed by atoms with Gasteiger partial charge in [-0.2, -0.15) is 0 Å². The fourth-order valence-electron chi connectivity index (χ4n) is 2.24. The molecule has 0 saturated carbocycles. The lowest BCUT2D eigenvalue weighted by Crippen LogP contribution is -2.52. The van der Waals surface area contributed by atoms with E-state index in [9.17, 15) is 0 Å². The Morgan fingerprint density at radius 3 is 2.20 bits per heavy atom. The Morgan fingerprint density at radius 2 is 1.87 bits per heavy atom. The zero-order valence-electron chi connectivity index (χ0n) is 10.6. The minimum Gasteiger partial charge on any atom is -0.378 e. The molecule has 1 N–H and O–H groups in total. The molecule has 1 heterocycles. The maximum absolute atomic E-state index is 5.16. The third-order valence-electron chi connectivity index (χ3n) is 3.51. The summed E-state index contributed by atoms with van der Waals surface area (Å²) >= 11 is 0. The Morgan fingerprint density at radius 1 is 1.27 bits per heavy atom. The first-order valence-corrected chi connectivity index (χ1v) is 6.16. The zero-order valence-corrected chi connectivity index (χ0v) is 10.6. The largest absolute Gasteiger partial charge is 0.378 e. The second-order valence-corrected chi connectivity index (χ2v) is 4.75. The van der Waals surface area contributed by atoms with Gasteiger partial charge in [0.15, 0.2) is 0 Å². The van der Waals surface area contributed by atoms with Crippen LogP contribution in [-0.4, -0.2) is 50.8 Å². The summed E-state index contributed by atoms with van der Waals surface area (Å²) in [7, 11) is 4.36. The minimum absolute atomic E-state index is 0.599. The van der Waals surface area contributed by atoms with Gasteiger partial charge in [0.1, 0.15) is 0 Å². The molecule has 0 aliphatic carbocycles. The van der Waals surface area contributed by atoms with Crippen LogP contribution in [0.25, 0.3) is 0 Å². The SMILES string of the molecule is CCC(CC)C(CNC1COC1)N(C)C. The lowest BCUT2D eigenvalue weighted by molar-refractivity contribution is -0.00860. The summed E-state index contributed by atoms with van der Waals surface area (Å²) in [5.41, 5.74) is 0. The van der Waals surface area contributed by atoms with Crippen LogP contribution in [-0.2, 0) is 4.74 Å². The van der Waals surface area contributed by atoms with Crippen molar-refractivity contribution in [2.24, 2.45) is 5.92 Å². The Hall–Kier alpha value is -0.120. The number of rotatable bonds is 7. The summed E-state index contributed by atoms with van der Waals surface area (Å²) in [6.45, 7) is 7.45. The van der Waals surface area contributed by atoms with Gasteiger partial charge in [0.25, 0.3) is 0 Å². The van der Waals surface area contributed by atoms with Crippen LogP contribution >= 0.6 is 0 Å². The van der Waals surface area contributed by atoms with Gasteiger partial charge in [-0.25, -0.2) is 0 Å². The van der Waals surface area contributed by atoms with Gasteiger partial charge < -0.3 is 15.0 Å². The number of ether oxygens (including phenoxy) is 1. The number of nitrogens with zero attached hydrogens (tertiary/aromatic N) is 1. The Kier molecular flexibility index (Phi) is 5.58. The number of hydrogen-bond acceptors (Lipinski definition) is 3. The molecule has 3 nitrogen and oxygen atoms in total. The molecule has 0 spiro atoms. The summed E-state index contributed by atoms with van der Waals surface area (Å²) in [6.07, 6.45) is 2.53. The molecule has 1 fully saturated rings. The molecule has 1 unspecified atom stereocenters. The maximum atomic E-state index is 5.16. The first-order valence-electron chi connectivity index (χ1n) is 6.16. The molecule has 0 amide bonds. The molecule has 1 aliphatic rings. The highest BCUT2D eigenvalue weighted by atomic mass is 16.5. The molecule has 0 bridgehead atoms. The van der Waals surface area contributed by atoms with Crippen molar-refractivity contribution >= 4 is 0 Å². The Bertz CT molecular complexity index is 165. The highest BCUT2D eigenvalue weighted by Crippen LogP contribution is 2.16. The molecule has 90 valence electrons. The van der Waals surface area contributed by atoms with Crippen LogP contribution in [0, 0.1) is 5.92 Å². The molecule has 0 aromatic heterocycles. The monoisotopic (exact) mass is 214 g/mol. The second kappa shape index (κ2) is 6.46. The van der Waals surface area contributed by atoms with Crippen molar-refractivity contribution in [3.63, 3.8) is 0 Å². The first kappa shape index (κ1) is 12.9. The maximum Gasteiger partial charge on any atom is 0.0643 e. The highest BCUT2D eigenvalue weighted by Gasteiger charge is 2.24. The summed E-state index contributed by atoms with van der Waals surface area (Å²) in [5.74, 6) is 0.800. The molecule has 1 atom stereocenters. The van der Waals surface area contributed by atoms with Crippen molar-refractivity contribution in [3.05, 3.63) is 0 Å². The van der Waals surface area contributed by atoms with E-state index in [1.807, 2.05) is 0 Å². The van der Waals surface area contributed by atoms with Crippen LogP contribution < -0.4 is 5.32 Å². The average Bonchev–Trinajstić information content (AvgIpc) is 2.14. The van der Waals surface area contributed by atoms with Crippen LogP contribution in [0.1, 0.15) is 26.7 Å². The fraction of sp³-hybridized carbons (Fsp3) is 1.00. The van der Waals surface area contributed by atoms with Gasteiger partial charge in [-0.3, -0.25) is 0 Å². The molecule has 15 heavy (non-hydrogen) atoms. The molecule has 0 aromatic carbocycles. The lowest BCUT2D eigenvalue weighted by Gasteiger charge is -2.35. The Balaban J connectivity index is 2.34. The predicted octanol–water partition coefficient (Wildman–Crippen LogP) is 1.34. The topological polar surface area (TPSA) is 24.5 Å². The molecular formula is C12H26N2O. The van der Waals surface area contributed by atoms with Crippen molar-refractivity contribution in [2.75, 3.05) is 33.9 Å². The molecule has 1 saturated heterocycles. The van der Waals surface area contributed by atoms with Crippen LogP contribution in [0.2, 0.25) is 0 Å². The van der Waals surface area contributed by atoms with Gasteiger partial charge in [0.05, 0.1) is 19.3 Å². The van der Waals surface area contributed by atoms with Gasteiger partial charge in [0, 0.05) is 12.6 Å². The van der Waals surface area contributed by atoms with Crippen molar-refractivity contribution < 1.29 is 4.74 Å². The van der Waals surface area contributed by atoms with Gasteiger partial charge >= 0.3 is 0 Å². The fourth-order valence-corrected chi connectivity index (χ4v) is 2.24. The molecular weight excluding hydrogens is 188 g/mol. The summed E-state index contributed by atoms with van der Waals surface area (Å²) < 4.78 is 5.16. The summed E-state index contributed by atoms with van der Waals surface area (Å²) in [4.78, 5) is 2.35. The van der Waals surface area contributed by atoms with E-state index < -0.39 is 0 Å². The van der Waals surface area contributed by atoms with Gasteiger partial charge in [0.2, 0.25) is 0 Å². The van der Waals surface area contributed by atoms with E-state index >= 15 is 0 Å². The van der Waals surface area contributed by atoms with E-state index in [2.05, 4.69) is 38.2 Å². The van der Waals surface area contributed by atoms with Crippen LogP contribution in [0.15, 0.2) is 0 Å². The van der Waals surface area contributed by atoms with Crippen LogP contribution in [0.4, 0.5) is 0 Å². The normalized spacial score (nSPS) is 19.6. The summed E-state index contributed by atoms with van der Waals surface area (Å²) in [5, 5.41) is 3.58. The molecule has 0 radical (unpaired) electrons. The minimum atomic E-state index is 0.599. The Labute approximate surface area is 94.2 Å². The quantitative estimate of drug-likeness (QED) is 0.692. The van der Waals surface area contributed by atoms with Crippen molar-refractivity contribution in [1.29, 1.82) is 0 Å². The number of nitrogens with one attached hydrogen (secondary N) is 1. The first-order chi connectivity index (χ1) is 7.19. The molecule has 1 rings (SSSR count). The summed E-state index contributed by atoms with van der Waals surface area (Å²) in [6, 6.07) is 1.25. The third kappa shape index (κ3) is 3.74. The molecule has 1 aliphatic heterocycles. The second-order valence-electron chi connectivity index (χ2n) is 4.75. The van der Waals surface area contributed by atoms with Gasteiger partial charge in [-0.15, -0.1) is 0 Å². The van der Waals surface area contributed by atoms with Crippen LogP contribution in [0.5, 0.6) is 0 Å². The molecule has 0 aromatic rings. The van der Waals surface area contributed by atoms with E-state index in [4.69, 9.17) is 4.74 Å². The van der Waals surface area contributed by atoms with Crippen molar-refractivity contribution in [3.8, 4) is 0 Å². The van der Waals surface area contributed by atoms with E-state index in [1.54, 1.807) is 0 Å². The lowest BCUT2D eigenvalue weighted by atomic mass is 9.93. The molecule has 3 heteroatoms. The predicted molar refractivity (Wildman–Crippen MR) is 64.2 cm³/mol. The van der Waals surface area contributed by atoms with Crippen molar-refractivity contribution in [2.45, 2.75) is 38.8 Å². The number of hydrogen-bond donors (Lipinski definition) is 1. The van der Waals surface area contributed by atoms with E-state index in [0.717, 1.165) is 25.7 Å². The highest BCUT2D eigenvalue weighted by molar-refractivity contribution is 4.81. The third-order valence-corrected chi connectivity index (χ3v) is 3.51.